The minimum Gasteiger partial charge on any atom is -0.348 e. The summed E-state index contributed by atoms with van der Waals surface area (Å²) in [5, 5.41) is 8.47. The summed E-state index contributed by atoms with van der Waals surface area (Å²) in [5.74, 6) is 0. The first-order valence-corrected chi connectivity index (χ1v) is 15.9. The van der Waals surface area contributed by atoms with Crippen molar-refractivity contribution in [1.82, 2.24) is 18.8 Å². The van der Waals surface area contributed by atoms with Gasteiger partial charge < -0.3 is 13.8 Å². The number of fused-ring (bicyclic) bond motifs is 14. The molecule has 0 atom stereocenters. The largest absolute Gasteiger partial charge is 0.348 e. The van der Waals surface area contributed by atoms with Gasteiger partial charge in [0.2, 0.25) is 0 Å². The van der Waals surface area contributed by atoms with Gasteiger partial charge in [-0.1, -0.05) is 113 Å². The van der Waals surface area contributed by atoms with Gasteiger partial charge in [0.25, 0.3) is 0 Å². The molecule has 5 heterocycles. The van der Waals surface area contributed by atoms with Crippen LogP contribution in [0.1, 0.15) is 29.0 Å². The monoisotopic (exact) mass is 828 g/mol. The van der Waals surface area contributed by atoms with Crippen molar-refractivity contribution < 1.29 is 32.4 Å². The van der Waals surface area contributed by atoms with Crippen LogP contribution in [0.25, 0.3) is 87.7 Å². The zero-order valence-electron chi connectivity index (χ0n) is 35.2. The second-order valence-electron chi connectivity index (χ2n) is 12.3. The van der Waals surface area contributed by atoms with Gasteiger partial charge in [0, 0.05) is 66.0 Å². The summed E-state index contributed by atoms with van der Waals surface area (Å²) in [6.45, 7) is -7.47. The Morgan fingerprint density at radius 1 is 0.600 bits per heavy atom. The minimum absolute atomic E-state index is 0. The normalized spacial score (nSPS) is 15.2. The number of para-hydroxylation sites is 5. The van der Waals surface area contributed by atoms with E-state index in [1.54, 1.807) is 0 Å². The molecule has 5 heteroatoms. The van der Waals surface area contributed by atoms with Crippen molar-refractivity contribution in [3.05, 3.63) is 156 Å². The maximum Gasteiger partial charge on any atom is 0.0798 e. The predicted octanol–water partition coefficient (Wildman–Crippen LogP) is 11.2. The van der Waals surface area contributed by atoms with Gasteiger partial charge >= 0.3 is 0 Å². The molecule has 0 fully saturated rings. The minimum atomic E-state index is -2.61. The Hall–Kier alpha value is -5.61. The molecule has 11 rings (SSSR count). The smallest absolute Gasteiger partial charge is 0.0798 e. The molecule has 0 unspecified atom stereocenters. The molecule has 0 spiro atoms. The number of hydrogen-bond acceptors (Lipinski definition) is 2. The Morgan fingerprint density at radius 3 is 2.10 bits per heavy atom. The molecule has 0 aliphatic rings. The van der Waals surface area contributed by atoms with Crippen LogP contribution in [0.5, 0.6) is 0 Å². The molecule has 241 valence electrons. The van der Waals surface area contributed by atoms with Crippen LogP contribution in [0.3, 0.4) is 0 Å². The van der Waals surface area contributed by atoms with Crippen LogP contribution in [-0.4, -0.2) is 18.8 Å². The second kappa shape index (κ2) is 11.5. The number of hydrogen-bond donors (Lipinski definition) is 0. The van der Waals surface area contributed by atoms with Gasteiger partial charge in [-0.25, -0.2) is 0 Å². The molecule has 5 aromatic heterocycles. The van der Waals surface area contributed by atoms with Crippen LogP contribution >= 0.6 is 0 Å². The van der Waals surface area contributed by atoms with E-state index in [0.29, 0.717) is 5.56 Å². The fourth-order valence-corrected chi connectivity index (χ4v) is 7.30. The van der Waals surface area contributed by atoms with Crippen LogP contribution < -0.4 is 0 Å². The molecule has 0 bridgehead atoms. The SMILES string of the molecule is [2H]C([2H])([2H])c1c[c-]c(-c2cc(C([2H])([2H])[2H])c(C([2H])([2H])[2H])cn2)cc1.[Ir].[c-]1c2c3cccc4c5ccccc5n(c2cc2c1c1nc5ccccc5n1c1ccccc21)c34. The molecule has 50 heavy (non-hydrogen) atoms. The van der Waals surface area contributed by atoms with Crippen LogP contribution in [-0.2, 0) is 20.1 Å². The number of aromatic nitrogens is 4. The van der Waals surface area contributed by atoms with Gasteiger partial charge in [-0.05, 0) is 60.1 Å². The standard InChI is InChI=1S/C31H16N3.C14H14N.Ir/c1-4-13-26-18(8-1)20-10-7-11-21-23-16-24-22(17-29(23)33(26)30(20)21)19-9-2-5-14-27(19)34-28-15-6-3-12-25(28)32-31(24)34;1-10-4-6-13(7-5-10)14-8-11(2)12(3)9-15-14;/h1-15,17H;4-6,8-9H,1-3H3;/q2*-1;/i;1D3,2D3,3D3;. The fourth-order valence-electron chi connectivity index (χ4n) is 7.30. The Kier molecular flexibility index (Phi) is 5.09. The van der Waals surface area contributed by atoms with Crippen LogP contribution in [0.4, 0.5) is 0 Å². The van der Waals surface area contributed by atoms with Crippen molar-refractivity contribution in [2.24, 2.45) is 0 Å². The number of nitrogens with zero attached hydrogens (tertiary/aromatic N) is 4. The fraction of sp³-hybridized carbons (Fsp3) is 0.0667. The van der Waals surface area contributed by atoms with Crippen molar-refractivity contribution in [2.75, 3.05) is 0 Å². The summed E-state index contributed by atoms with van der Waals surface area (Å²) in [5.41, 5.74) is 8.05. The first-order chi connectivity index (χ1) is 27.7. The number of imidazole rings is 1. The third kappa shape index (κ3) is 4.41. The van der Waals surface area contributed by atoms with Gasteiger partial charge in [-0.2, -0.15) is 0 Å². The molecule has 0 saturated carbocycles. The average Bonchev–Trinajstić information content (AvgIpc) is 3.87. The van der Waals surface area contributed by atoms with Crippen LogP contribution in [0, 0.1) is 32.7 Å². The quantitative estimate of drug-likeness (QED) is 0.122. The van der Waals surface area contributed by atoms with Gasteiger partial charge in [0.05, 0.1) is 16.7 Å². The Labute approximate surface area is 315 Å². The first kappa shape index (κ1) is 22.2. The molecule has 11 aromatic rings. The molecule has 0 aliphatic heterocycles. The summed E-state index contributed by atoms with van der Waals surface area (Å²) in [7, 11) is 0. The third-order valence-corrected chi connectivity index (χ3v) is 9.47. The summed E-state index contributed by atoms with van der Waals surface area (Å²) >= 11 is 0. The van der Waals surface area contributed by atoms with Crippen molar-refractivity contribution in [2.45, 2.75) is 20.6 Å². The van der Waals surface area contributed by atoms with Crippen molar-refractivity contribution in [1.29, 1.82) is 0 Å². The molecule has 6 aromatic carbocycles. The van der Waals surface area contributed by atoms with Crippen molar-refractivity contribution >= 4 is 76.5 Å². The number of aryl methyl sites for hydroxylation is 3. The Bertz CT molecular complexity index is 3420. The van der Waals surface area contributed by atoms with Crippen molar-refractivity contribution in [3.63, 3.8) is 0 Å². The first-order valence-electron chi connectivity index (χ1n) is 20.4. The summed E-state index contributed by atoms with van der Waals surface area (Å²) in [4.78, 5) is 9.08. The van der Waals surface area contributed by atoms with Crippen LogP contribution in [0.2, 0.25) is 0 Å². The van der Waals surface area contributed by atoms with E-state index >= 15 is 0 Å². The molecule has 0 amide bonds. The maximum absolute atomic E-state index is 7.54. The molecule has 1 radical (unpaired) electrons. The topological polar surface area (TPSA) is 34.6 Å². The number of rotatable bonds is 1. The van der Waals surface area contributed by atoms with E-state index in [-0.39, 0.29) is 42.5 Å². The van der Waals surface area contributed by atoms with E-state index in [1.807, 2.05) is 0 Å². The molecule has 0 N–H and O–H groups in total. The van der Waals surface area contributed by atoms with E-state index in [9.17, 15) is 0 Å². The predicted molar refractivity (Wildman–Crippen MR) is 204 cm³/mol. The third-order valence-electron chi connectivity index (χ3n) is 9.47. The van der Waals surface area contributed by atoms with E-state index < -0.39 is 20.6 Å². The van der Waals surface area contributed by atoms with Gasteiger partial charge in [-0.15, -0.1) is 41.5 Å². The molecule has 4 nitrogen and oxygen atoms in total. The van der Waals surface area contributed by atoms with Gasteiger partial charge in [0.15, 0.2) is 0 Å². The molecule has 0 saturated heterocycles. The number of benzene rings is 6. The van der Waals surface area contributed by atoms with Gasteiger partial charge in [0.1, 0.15) is 0 Å². The Balaban J connectivity index is 0.000000160. The summed E-state index contributed by atoms with van der Waals surface area (Å²) in [6.07, 6.45) is 1.02. The van der Waals surface area contributed by atoms with E-state index in [0.717, 1.165) is 33.6 Å². The zero-order valence-corrected chi connectivity index (χ0v) is 28.6. The maximum atomic E-state index is 7.54. The zero-order chi connectivity index (χ0) is 40.3. The second-order valence-corrected chi connectivity index (χ2v) is 12.3. The van der Waals surface area contributed by atoms with Gasteiger partial charge in [-0.3, -0.25) is 4.98 Å². The summed E-state index contributed by atoms with van der Waals surface area (Å²) in [6, 6.07) is 46.6. The Morgan fingerprint density at radius 2 is 1.32 bits per heavy atom. The molecule has 0 aliphatic carbocycles. The summed E-state index contributed by atoms with van der Waals surface area (Å²) < 4.78 is 71.6. The average molecular weight is 828 g/mol. The van der Waals surface area contributed by atoms with E-state index in [1.165, 1.54) is 73.3 Å². The van der Waals surface area contributed by atoms with Crippen molar-refractivity contribution in [3.8, 4) is 11.3 Å². The van der Waals surface area contributed by atoms with Crippen LogP contribution in [0.15, 0.2) is 128 Å². The molecular formula is C45H30IrN4-2. The molecular weight excluding hydrogens is 789 g/mol. The van der Waals surface area contributed by atoms with E-state index in [2.05, 4.69) is 123 Å². The van der Waals surface area contributed by atoms with E-state index in [4.69, 9.17) is 17.3 Å². The number of pyridine rings is 2.